The zero-order valence-electron chi connectivity index (χ0n) is 28.0. The fourth-order valence-corrected chi connectivity index (χ4v) is 6.66. The third-order valence-corrected chi connectivity index (χ3v) is 8.51. The van der Waals surface area contributed by atoms with Crippen molar-refractivity contribution in [2.24, 2.45) is 0 Å². The van der Waals surface area contributed by atoms with Gasteiger partial charge in [0, 0.05) is 10.8 Å². The van der Waals surface area contributed by atoms with Gasteiger partial charge in [-0.3, -0.25) is 0 Å². The molecule has 0 saturated carbocycles. The number of hydrogen-bond acceptors (Lipinski definition) is 1. The summed E-state index contributed by atoms with van der Waals surface area (Å²) in [7, 11) is 0. The zero-order chi connectivity index (χ0) is 32.7. The summed E-state index contributed by atoms with van der Waals surface area (Å²) in [6.07, 6.45) is 0. The molecule has 43 heavy (non-hydrogen) atoms. The highest BCUT2D eigenvalue weighted by Crippen LogP contribution is 2.48. The molecule has 0 aliphatic carbocycles. The summed E-state index contributed by atoms with van der Waals surface area (Å²) in [4.78, 5) is 0. The Kier molecular flexibility index (Phi) is 4.27. The lowest BCUT2D eigenvalue weighted by Crippen LogP contribution is -1.92. The molecule has 0 saturated heterocycles. The molecule has 0 radical (unpaired) electrons. The maximum absolute atomic E-state index is 8.80. The second-order valence-electron chi connectivity index (χ2n) is 10.9. The maximum Gasteiger partial charge on any atom is 0.136 e. The first-order chi connectivity index (χ1) is 23.4. The first-order valence-corrected chi connectivity index (χ1v) is 14.4. The van der Waals surface area contributed by atoms with Crippen molar-refractivity contribution < 1.29 is 11.3 Å². The number of para-hydroxylation sites is 1. The van der Waals surface area contributed by atoms with Gasteiger partial charge >= 0.3 is 0 Å². The van der Waals surface area contributed by atoms with Crippen LogP contribution in [0.2, 0.25) is 0 Å². The van der Waals surface area contributed by atoms with E-state index in [4.69, 9.17) is 11.3 Å². The molecule has 1 heteroatoms. The van der Waals surface area contributed by atoms with Gasteiger partial charge < -0.3 is 4.42 Å². The van der Waals surface area contributed by atoms with E-state index in [1.807, 2.05) is 30.3 Å². The van der Waals surface area contributed by atoms with Gasteiger partial charge in [-0.05, 0) is 90.0 Å². The first kappa shape index (κ1) is 19.5. The molecule has 9 rings (SSSR count). The van der Waals surface area contributed by atoms with E-state index in [0.717, 1.165) is 54.6 Å². The van der Waals surface area contributed by atoms with E-state index < -0.39 is 6.04 Å². The molecule has 1 aromatic heterocycles. The molecule has 0 fully saturated rings. The molecular weight excluding hydrogens is 520 g/mol. The highest BCUT2D eigenvalue weighted by Gasteiger charge is 2.21. The number of fused-ring (bicyclic) bond motifs is 6. The fraction of sp³-hybridized carbons (Fsp3) is 0. The summed E-state index contributed by atoms with van der Waals surface area (Å²) in [5.41, 5.74) is 6.08. The van der Waals surface area contributed by atoms with Crippen molar-refractivity contribution in [3.8, 4) is 33.4 Å². The van der Waals surface area contributed by atoms with Gasteiger partial charge in [0.05, 0.1) is 6.85 Å². The Morgan fingerprint density at radius 2 is 1.02 bits per heavy atom. The van der Waals surface area contributed by atoms with Gasteiger partial charge in [0.25, 0.3) is 0 Å². The Labute approximate surface area is 256 Å². The molecule has 0 aliphatic rings. The van der Waals surface area contributed by atoms with Gasteiger partial charge in [0.2, 0.25) is 0 Å². The molecule has 0 atom stereocenters. The number of benzene rings is 8. The third-order valence-electron chi connectivity index (χ3n) is 8.51. The van der Waals surface area contributed by atoms with Crippen LogP contribution in [-0.2, 0) is 0 Å². The molecule has 0 unspecified atom stereocenters. The van der Waals surface area contributed by atoms with Gasteiger partial charge in [0.1, 0.15) is 11.2 Å². The Morgan fingerprint density at radius 3 is 1.74 bits per heavy atom. The van der Waals surface area contributed by atoms with Crippen LogP contribution >= 0.6 is 0 Å². The smallest absolute Gasteiger partial charge is 0.136 e. The Bertz CT molecular complexity index is 2710. The topological polar surface area (TPSA) is 13.1 Å². The van der Waals surface area contributed by atoms with Crippen LogP contribution in [0, 0.1) is 0 Å². The molecule has 1 heterocycles. The molecule has 8 aromatic carbocycles. The first-order valence-electron chi connectivity index (χ1n) is 16.9. The summed E-state index contributed by atoms with van der Waals surface area (Å²) in [6.45, 7) is 0. The van der Waals surface area contributed by atoms with Crippen LogP contribution in [0.1, 0.15) is 6.85 Å². The minimum Gasteiger partial charge on any atom is -0.456 e. The van der Waals surface area contributed by atoms with Crippen molar-refractivity contribution >= 4 is 54.3 Å². The largest absolute Gasteiger partial charge is 0.456 e. The monoisotopic (exact) mass is 551 g/mol. The van der Waals surface area contributed by atoms with Crippen molar-refractivity contribution in [1.29, 1.82) is 0 Å². The highest BCUT2D eigenvalue weighted by atomic mass is 16.3. The molecule has 0 amide bonds. The zero-order valence-corrected chi connectivity index (χ0v) is 23.0. The van der Waals surface area contributed by atoms with E-state index in [-0.39, 0.29) is 29.7 Å². The number of rotatable bonds is 3. The van der Waals surface area contributed by atoms with Crippen LogP contribution in [0.5, 0.6) is 0 Å². The normalized spacial score (nSPS) is 13.3. The average molecular weight is 552 g/mol. The second kappa shape index (κ2) is 9.44. The van der Waals surface area contributed by atoms with Crippen molar-refractivity contribution in [3.05, 3.63) is 158 Å². The minimum atomic E-state index is -0.417. The molecule has 0 bridgehead atoms. The van der Waals surface area contributed by atoms with Crippen LogP contribution in [0.3, 0.4) is 0 Å². The Balaban J connectivity index is 1.45. The van der Waals surface area contributed by atoms with Crippen LogP contribution in [0.4, 0.5) is 0 Å². The van der Waals surface area contributed by atoms with Gasteiger partial charge in [-0.2, -0.15) is 0 Å². The SMILES string of the molecule is [2H]c1c([2H])c([2H])c(-c2cc(-c3c4ccccc4c(-c4ccc5ccccc5c4)c4ccccc34)c3c(c2)oc2ccccc23)c([2H])c1[2H]. The summed E-state index contributed by atoms with van der Waals surface area (Å²) in [6, 6.07) is 41.9. The number of furan rings is 1. The van der Waals surface area contributed by atoms with Crippen molar-refractivity contribution in [1.82, 2.24) is 0 Å². The van der Waals surface area contributed by atoms with Crippen molar-refractivity contribution in [2.75, 3.05) is 0 Å². The molecule has 0 spiro atoms. The van der Waals surface area contributed by atoms with Crippen molar-refractivity contribution in [3.63, 3.8) is 0 Å². The lowest BCUT2D eigenvalue weighted by molar-refractivity contribution is 0.669. The second-order valence-corrected chi connectivity index (χ2v) is 10.9. The highest BCUT2D eigenvalue weighted by molar-refractivity contribution is 6.26. The Morgan fingerprint density at radius 1 is 0.419 bits per heavy atom. The van der Waals surface area contributed by atoms with Gasteiger partial charge in [-0.15, -0.1) is 0 Å². The molecule has 200 valence electrons. The summed E-state index contributed by atoms with van der Waals surface area (Å²) < 4.78 is 49.0. The van der Waals surface area contributed by atoms with Gasteiger partial charge in [-0.25, -0.2) is 0 Å². The fourth-order valence-electron chi connectivity index (χ4n) is 6.66. The molecule has 0 aliphatic heterocycles. The lowest BCUT2D eigenvalue weighted by atomic mass is 9.84. The van der Waals surface area contributed by atoms with E-state index in [0.29, 0.717) is 16.7 Å². The van der Waals surface area contributed by atoms with E-state index in [1.54, 1.807) is 6.07 Å². The average Bonchev–Trinajstić information content (AvgIpc) is 3.50. The van der Waals surface area contributed by atoms with Crippen LogP contribution in [0.15, 0.2) is 162 Å². The van der Waals surface area contributed by atoms with E-state index in [1.165, 1.54) is 10.8 Å². The summed E-state index contributed by atoms with van der Waals surface area (Å²) >= 11 is 0. The molecular formula is C42H26O. The minimum absolute atomic E-state index is 0.144. The van der Waals surface area contributed by atoms with E-state index >= 15 is 0 Å². The predicted octanol–water partition coefficient (Wildman–Crippen LogP) is 12.0. The van der Waals surface area contributed by atoms with Gasteiger partial charge in [0.15, 0.2) is 0 Å². The predicted molar refractivity (Wildman–Crippen MR) is 183 cm³/mol. The third kappa shape index (κ3) is 3.72. The van der Waals surface area contributed by atoms with E-state index in [2.05, 4.69) is 91.0 Å². The quantitative estimate of drug-likeness (QED) is 0.199. The van der Waals surface area contributed by atoms with Gasteiger partial charge in [-0.1, -0.05) is 133 Å². The van der Waals surface area contributed by atoms with Crippen LogP contribution in [-0.4, -0.2) is 0 Å². The molecule has 1 nitrogen and oxygen atoms in total. The standard InChI is InChI=1S/C42H26O/c1-2-12-27(13-3-1)31-25-37(42-36-20-10-11-21-38(36)43-39(42)26-31)41-34-18-8-6-16-32(34)40(33-17-7-9-19-35(33)41)30-23-22-28-14-4-5-15-29(28)24-30/h1-26H/i1D,2D,3D,12D,13D. The number of hydrogen-bond donors (Lipinski definition) is 0. The molecule has 9 aromatic rings. The van der Waals surface area contributed by atoms with Crippen molar-refractivity contribution in [2.45, 2.75) is 0 Å². The van der Waals surface area contributed by atoms with Crippen LogP contribution < -0.4 is 0 Å². The summed E-state index contributed by atoms with van der Waals surface area (Å²) in [5, 5.41) is 8.49. The molecule has 0 N–H and O–H groups in total. The Hall–Kier alpha value is -5.66. The summed E-state index contributed by atoms with van der Waals surface area (Å²) in [5.74, 6) is 0. The maximum atomic E-state index is 8.80. The lowest BCUT2D eigenvalue weighted by Gasteiger charge is -2.19. The van der Waals surface area contributed by atoms with E-state index in [9.17, 15) is 0 Å². The van der Waals surface area contributed by atoms with Crippen LogP contribution in [0.25, 0.3) is 87.6 Å².